The Morgan fingerprint density at radius 3 is 2.48 bits per heavy atom. The topological polar surface area (TPSA) is 103 Å². The largest absolute Gasteiger partial charge is 0.463 e. The minimum absolute atomic E-state index is 0. The predicted octanol–water partition coefficient (Wildman–Crippen LogP) is 1.79. The highest BCUT2D eigenvalue weighted by Crippen LogP contribution is 2.23. The second-order valence-electron chi connectivity index (χ2n) is 5.55. The first kappa shape index (κ1) is 21.9. The van der Waals surface area contributed by atoms with Crippen LogP contribution in [0.15, 0.2) is 15.4 Å². The number of esters is 1. The van der Waals surface area contributed by atoms with Crippen molar-refractivity contribution in [2.45, 2.75) is 38.1 Å². The number of sulfonamides is 1. The Morgan fingerprint density at radius 1 is 1.43 bits per heavy atom. The number of hydrogen-bond donors (Lipinski definition) is 1. The number of rotatable bonds is 7. The van der Waals surface area contributed by atoms with Crippen LogP contribution < -0.4 is 5.73 Å². The summed E-state index contributed by atoms with van der Waals surface area (Å²) < 4.78 is 36.0. The van der Waals surface area contributed by atoms with Crippen molar-refractivity contribution in [3.05, 3.63) is 17.6 Å². The zero-order valence-electron chi connectivity index (χ0n) is 14.0. The fraction of sp³-hybridized carbons (Fsp3) is 0.643. The van der Waals surface area contributed by atoms with E-state index in [2.05, 4.69) is 4.74 Å². The van der Waals surface area contributed by atoms with Crippen LogP contribution in [0.25, 0.3) is 0 Å². The van der Waals surface area contributed by atoms with Crippen molar-refractivity contribution < 1.29 is 22.4 Å². The van der Waals surface area contributed by atoms with Gasteiger partial charge in [0.1, 0.15) is 10.7 Å². The van der Waals surface area contributed by atoms with E-state index in [4.69, 9.17) is 10.2 Å². The second kappa shape index (κ2) is 8.68. The van der Waals surface area contributed by atoms with E-state index < -0.39 is 16.0 Å². The molecule has 7 nitrogen and oxygen atoms in total. The van der Waals surface area contributed by atoms with Crippen LogP contribution in [0.5, 0.6) is 0 Å². The van der Waals surface area contributed by atoms with Gasteiger partial charge >= 0.3 is 5.97 Å². The molecule has 0 aliphatic heterocycles. The molecule has 9 heteroatoms. The van der Waals surface area contributed by atoms with Crippen molar-refractivity contribution in [1.29, 1.82) is 0 Å². The third-order valence-electron chi connectivity index (χ3n) is 3.58. The molecule has 1 atom stereocenters. The molecule has 0 amide bonds. The van der Waals surface area contributed by atoms with E-state index in [-0.39, 0.29) is 40.8 Å². The van der Waals surface area contributed by atoms with E-state index >= 15 is 0 Å². The van der Waals surface area contributed by atoms with E-state index in [0.29, 0.717) is 13.0 Å². The number of nitrogens with zero attached hydrogens (tertiary/aromatic N) is 1. The molecule has 1 aromatic heterocycles. The number of hydrogen-bond acceptors (Lipinski definition) is 6. The highest BCUT2D eigenvalue weighted by Gasteiger charge is 2.28. The van der Waals surface area contributed by atoms with E-state index in [1.54, 1.807) is 0 Å². The molecule has 1 heterocycles. The molecule has 2 N–H and O–H groups in total. The van der Waals surface area contributed by atoms with Crippen molar-refractivity contribution in [3.8, 4) is 0 Å². The van der Waals surface area contributed by atoms with Gasteiger partial charge in [0, 0.05) is 25.7 Å². The normalized spacial score (nSPS) is 13.0. The van der Waals surface area contributed by atoms with Gasteiger partial charge < -0.3 is 14.9 Å². The Kier molecular flexibility index (Phi) is 8.26. The number of halogens is 1. The standard InChI is InChI=1S/C14H24N2O5S.ClH/c1-9(2)11(15)6-7-16(4)22(18,19)13-8-12(14(17)20-5)21-10(13)3;/h8-9,11H,6-7,15H2,1-5H3;1H. The Labute approximate surface area is 143 Å². The summed E-state index contributed by atoms with van der Waals surface area (Å²) in [7, 11) is -1.05. The number of carbonyl (C=O) groups is 1. The van der Waals surface area contributed by atoms with Gasteiger partial charge in [-0.25, -0.2) is 17.5 Å². The third kappa shape index (κ3) is 5.20. The molecule has 1 rings (SSSR count). The summed E-state index contributed by atoms with van der Waals surface area (Å²) in [6, 6.07) is 1.11. The first-order chi connectivity index (χ1) is 10.1. The molecular weight excluding hydrogens is 344 g/mol. The summed E-state index contributed by atoms with van der Waals surface area (Å²) >= 11 is 0. The van der Waals surface area contributed by atoms with Crippen LogP contribution in [0.1, 0.15) is 36.6 Å². The maximum Gasteiger partial charge on any atom is 0.373 e. The summed E-state index contributed by atoms with van der Waals surface area (Å²) in [5.41, 5.74) is 5.94. The summed E-state index contributed by atoms with van der Waals surface area (Å²) in [5, 5.41) is 0. The third-order valence-corrected chi connectivity index (χ3v) is 5.54. The van der Waals surface area contributed by atoms with E-state index in [1.165, 1.54) is 31.5 Å². The van der Waals surface area contributed by atoms with Crippen molar-refractivity contribution in [2.75, 3.05) is 20.7 Å². The summed E-state index contributed by atoms with van der Waals surface area (Å²) in [5.74, 6) is -0.419. The molecule has 0 aliphatic carbocycles. The lowest BCUT2D eigenvalue weighted by molar-refractivity contribution is 0.0563. The minimum atomic E-state index is -3.74. The van der Waals surface area contributed by atoms with Gasteiger partial charge in [0.2, 0.25) is 15.8 Å². The van der Waals surface area contributed by atoms with Gasteiger partial charge in [0.15, 0.2) is 0 Å². The molecule has 0 aliphatic rings. The van der Waals surface area contributed by atoms with Crippen LogP contribution >= 0.6 is 12.4 Å². The molecule has 0 bridgehead atoms. The number of furan rings is 1. The molecule has 23 heavy (non-hydrogen) atoms. The molecule has 0 fully saturated rings. The lowest BCUT2D eigenvalue weighted by atomic mass is 10.0. The Bertz CT molecular complexity index is 627. The Balaban J connectivity index is 0.00000484. The first-order valence-electron chi connectivity index (χ1n) is 7.02. The smallest absolute Gasteiger partial charge is 0.373 e. The molecule has 0 aromatic carbocycles. The number of ether oxygens (including phenoxy) is 1. The number of aryl methyl sites for hydroxylation is 1. The highest BCUT2D eigenvalue weighted by molar-refractivity contribution is 7.89. The van der Waals surface area contributed by atoms with E-state index in [9.17, 15) is 13.2 Å². The summed E-state index contributed by atoms with van der Waals surface area (Å²) in [4.78, 5) is 11.4. The van der Waals surface area contributed by atoms with Crippen molar-refractivity contribution in [3.63, 3.8) is 0 Å². The van der Waals surface area contributed by atoms with Crippen molar-refractivity contribution >= 4 is 28.4 Å². The second-order valence-corrected chi connectivity index (χ2v) is 7.56. The lowest BCUT2D eigenvalue weighted by Crippen LogP contribution is -2.34. The van der Waals surface area contributed by atoms with Gasteiger partial charge in [-0.3, -0.25) is 0 Å². The van der Waals surface area contributed by atoms with Crippen molar-refractivity contribution in [2.24, 2.45) is 11.7 Å². The quantitative estimate of drug-likeness (QED) is 0.736. The van der Waals surface area contributed by atoms with Crippen LogP contribution in [0, 0.1) is 12.8 Å². The fourth-order valence-electron chi connectivity index (χ4n) is 1.87. The predicted molar refractivity (Wildman–Crippen MR) is 89.3 cm³/mol. The van der Waals surface area contributed by atoms with E-state index in [0.717, 1.165) is 0 Å². The zero-order valence-corrected chi connectivity index (χ0v) is 15.7. The maximum absolute atomic E-state index is 12.5. The molecule has 1 unspecified atom stereocenters. The molecular formula is C14H25ClN2O5S. The maximum atomic E-state index is 12.5. The Hall–Kier alpha value is -1.09. The van der Waals surface area contributed by atoms with Crippen LogP contribution in [-0.2, 0) is 14.8 Å². The van der Waals surface area contributed by atoms with Gasteiger partial charge in [0.05, 0.1) is 7.11 Å². The first-order valence-corrected chi connectivity index (χ1v) is 8.46. The average molecular weight is 369 g/mol. The fourth-order valence-corrected chi connectivity index (χ4v) is 3.22. The van der Waals surface area contributed by atoms with Gasteiger partial charge in [-0.2, -0.15) is 0 Å². The molecule has 0 saturated heterocycles. The number of nitrogens with two attached hydrogens (primary N) is 1. The van der Waals surface area contributed by atoms with Gasteiger partial charge in [-0.05, 0) is 19.3 Å². The molecule has 0 saturated carbocycles. The summed E-state index contributed by atoms with van der Waals surface area (Å²) in [6.45, 7) is 5.76. The zero-order chi connectivity index (χ0) is 17.1. The highest BCUT2D eigenvalue weighted by atomic mass is 35.5. The minimum Gasteiger partial charge on any atom is -0.463 e. The van der Waals surface area contributed by atoms with Crippen LogP contribution in [0.4, 0.5) is 0 Å². The van der Waals surface area contributed by atoms with Gasteiger partial charge in [0.25, 0.3) is 0 Å². The molecule has 134 valence electrons. The van der Waals surface area contributed by atoms with E-state index in [1.807, 2.05) is 13.8 Å². The molecule has 1 aromatic rings. The van der Waals surface area contributed by atoms with Gasteiger partial charge in [-0.15, -0.1) is 12.4 Å². The number of carbonyl (C=O) groups excluding carboxylic acids is 1. The molecule has 0 spiro atoms. The number of methoxy groups -OCH3 is 1. The SMILES string of the molecule is COC(=O)c1cc(S(=O)(=O)N(C)CCC(N)C(C)C)c(C)o1.Cl. The van der Waals surface area contributed by atoms with Crippen LogP contribution in [-0.4, -0.2) is 45.4 Å². The van der Waals surface area contributed by atoms with Crippen LogP contribution in [0.2, 0.25) is 0 Å². The van der Waals surface area contributed by atoms with Crippen molar-refractivity contribution in [1.82, 2.24) is 4.31 Å². The Morgan fingerprint density at radius 2 is 2.00 bits per heavy atom. The summed E-state index contributed by atoms with van der Waals surface area (Å²) in [6.07, 6.45) is 0.550. The average Bonchev–Trinajstić information content (AvgIpc) is 2.85. The molecule has 0 radical (unpaired) electrons. The monoisotopic (exact) mass is 368 g/mol. The van der Waals surface area contributed by atoms with Crippen LogP contribution in [0.3, 0.4) is 0 Å². The van der Waals surface area contributed by atoms with Gasteiger partial charge in [-0.1, -0.05) is 13.8 Å². The lowest BCUT2D eigenvalue weighted by Gasteiger charge is -2.20.